The Morgan fingerprint density at radius 3 is 2.59 bits per heavy atom. The van der Waals surface area contributed by atoms with Crippen molar-refractivity contribution in [1.82, 2.24) is 20.0 Å². The van der Waals surface area contributed by atoms with E-state index in [9.17, 15) is 14.7 Å². The van der Waals surface area contributed by atoms with Gasteiger partial charge in [0.15, 0.2) is 0 Å². The van der Waals surface area contributed by atoms with Crippen molar-refractivity contribution in [3.05, 3.63) is 35.4 Å². The Kier molecular flexibility index (Phi) is 6.46. The number of carbonyl (C=O) groups excluding carboxylic acids is 2. The number of hydrogen-bond donors (Lipinski definition) is 2. The van der Waals surface area contributed by atoms with E-state index in [1.165, 1.54) is 0 Å². The normalized spacial score (nSPS) is 23.4. The van der Waals surface area contributed by atoms with Gasteiger partial charge in [0.1, 0.15) is 6.54 Å². The van der Waals surface area contributed by atoms with Crippen molar-refractivity contribution >= 4 is 11.9 Å². The molecule has 3 amide bonds. The lowest BCUT2D eigenvalue weighted by Gasteiger charge is -2.58. The molecular formula is C22H30N4O3. The predicted octanol–water partition coefficient (Wildman–Crippen LogP) is 0.689. The van der Waals surface area contributed by atoms with Crippen LogP contribution >= 0.6 is 0 Å². The summed E-state index contributed by atoms with van der Waals surface area (Å²) < 4.78 is 0. The smallest absolute Gasteiger partial charge is 0.318 e. The fourth-order valence-corrected chi connectivity index (χ4v) is 4.08. The first kappa shape index (κ1) is 21.2. The van der Waals surface area contributed by atoms with Gasteiger partial charge in [-0.05, 0) is 45.6 Å². The van der Waals surface area contributed by atoms with Crippen LogP contribution in [0.5, 0.6) is 0 Å². The van der Waals surface area contributed by atoms with E-state index in [1.54, 1.807) is 9.80 Å². The molecule has 1 aromatic rings. The van der Waals surface area contributed by atoms with Gasteiger partial charge in [0.25, 0.3) is 0 Å². The molecule has 7 heteroatoms. The van der Waals surface area contributed by atoms with Crippen molar-refractivity contribution in [2.75, 3.05) is 40.3 Å². The van der Waals surface area contributed by atoms with Crippen molar-refractivity contribution in [1.29, 1.82) is 0 Å². The topological polar surface area (TPSA) is 76.1 Å². The van der Waals surface area contributed by atoms with Crippen molar-refractivity contribution in [2.45, 2.75) is 37.9 Å². The number of amides is 3. The van der Waals surface area contributed by atoms with Crippen molar-refractivity contribution in [3.63, 3.8) is 0 Å². The van der Waals surface area contributed by atoms with Crippen LogP contribution in [0.4, 0.5) is 4.79 Å². The standard InChI is InChI=1S/C22H30N4O3/c1-15(2)23-22(29)25-12-18-21(19(14-27)26(18)20(28)13-25)17-9-7-16(8-10-17)6-5-11-24(3)4/h7-10,15,18-19,21,27H,11-14H2,1-4H3,(H,23,29)/t18-,19-,21+/m0/s1. The average molecular weight is 399 g/mol. The molecule has 0 aliphatic carbocycles. The van der Waals surface area contributed by atoms with Crippen molar-refractivity contribution in [2.24, 2.45) is 0 Å². The first-order chi connectivity index (χ1) is 13.8. The Labute approximate surface area is 172 Å². The molecule has 156 valence electrons. The van der Waals surface area contributed by atoms with Gasteiger partial charge in [-0.15, -0.1) is 0 Å². The van der Waals surface area contributed by atoms with Gasteiger partial charge in [-0.2, -0.15) is 0 Å². The Bertz CT molecular complexity index is 810. The predicted molar refractivity (Wildman–Crippen MR) is 111 cm³/mol. The lowest BCUT2D eigenvalue weighted by molar-refractivity contribution is -0.159. The highest BCUT2D eigenvalue weighted by Crippen LogP contribution is 2.42. The third kappa shape index (κ3) is 4.55. The molecule has 0 spiro atoms. The number of carbonyl (C=O) groups is 2. The first-order valence-electron chi connectivity index (χ1n) is 10.0. The van der Waals surface area contributed by atoms with Gasteiger partial charge in [0.05, 0.1) is 25.2 Å². The van der Waals surface area contributed by atoms with Crippen LogP contribution in [-0.2, 0) is 4.79 Å². The minimum Gasteiger partial charge on any atom is -0.394 e. The number of benzene rings is 1. The van der Waals surface area contributed by atoms with Gasteiger partial charge in [-0.25, -0.2) is 4.79 Å². The zero-order valence-corrected chi connectivity index (χ0v) is 17.6. The number of rotatable bonds is 4. The van der Waals surface area contributed by atoms with E-state index in [1.807, 2.05) is 57.1 Å². The van der Waals surface area contributed by atoms with Crippen LogP contribution in [0.1, 0.15) is 30.9 Å². The van der Waals surface area contributed by atoms with Crippen molar-refractivity contribution < 1.29 is 14.7 Å². The van der Waals surface area contributed by atoms with Gasteiger partial charge in [-0.1, -0.05) is 24.0 Å². The van der Waals surface area contributed by atoms with E-state index in [4.69, 9.17) is 0 Å². The molecule has 0 radical (unpaired) electrons. The zero-order chi connectivity index (χ0) is 21.1. The van der Waals surface area contributed by atoms with Crippen LogP contribution in [-0.4, -0.2) is 90.2 Å². The maximum absolute atomic E-state index is 12.6. The van der Waals surface area contributed by atoms with Crippen LogP contribution in [0.2, 0.25) is 0 Å². The molecule has 7 nitrogen and oxygen atoms in total. The zero-order valence-electron chi connectivity index (χ0n) is 17.6. The first-order valence-corrected chi connectivity index (χ1v) is 10.0. The summed E-state index contributed by atoms with van der Waals surface area (Å²) in [6, 6.07) is 7.42. The van der Waals surface area contributed by atoms with Crippen LogP contribution in [0.3, 0.4) is 0 Å². The Hall–Kier alpha value is -2.56. The number of piperazine rings is 1. The summed E-state index contributed by atoms with van der Waals surface area (Å²) in [5.74, 6) is 6.15. The largest absolute Gasteiger partial charge is 0.394 e. The van der Waals surface area contributed by atoms with Gasteiger partial charge in [0, 0.05) is 24.1 Å². The summed E-state index contributed by atoms with van der Waals surface area (Å²) in [5, 5.41) is 12.7. The summed E-state index contributed by atoms with van der Waals surface area (Å²) >= 11 is 0. The third-order valence-corrected chi connectivity index (χ3v) is 5.38. The minimum absolute atomic E-state index is 0.00221. The molecule has 2 N–H and O–H groups in total. The highest BCUT2D eigenvalue weighted by molar-refractivity contribution is 5.87. The third-order valence-electron chi connectivity index (χ3n) is 5.38. The van der Waals surface area contributed by atoms with E-state index in [0.717, 1.165) is 11.1 Å². The van der Waals surface area contributed by atoms with E-state index in [2.05, 4.69) is 17.2 Å². The average Bonchev–Trinajstić information content (AvgIpc) is 2.63. The summed E-state index contributed by atoms with van der Waals surface area (Å²) in [7, 11) is 3.96. The monoisotopic (exact) mass is 398 g/mol. The van der Waals surface area contributed by atoms with Gasteiger partial charge in [-0.3, -0.25) is 9.69 Å². The van der Waals surface area contributed by atoms with Crippen LogP contribution in [0, 0.1) is 11.8 Å². The molecule has 3 atom stereocenters. The highest BCUT2D eigenvalue weighted by atomic mass is 16.3. The number of nitrogens with one attached hydrogen (secondary N) is 1. The number of urea groups is 1. The molecule has 0 unspecified atom stereocenters. The molecule has 29 heavy (non-hydrogen) atoms. The summed E-state index contributed by atoms with van der Waals surface area (Å²) in [4.78, 5) is 30.3. The van der Waals surface area contributed by atoms with E-state index in [0.29, 0.717) is 13.1 Å². The van der Waals surface area contributed by atoms with Crippen molar-refractivity contribution in [3.8, 4) is 11.8 Å². The van der Waals surface area contributed by atoms with Gasteiger partial charge < -0.3 is 20.2 Å². The fourth-order valence-electron chi connectivity index (χ4n) is 4.08. The molecule has 2 saturated heterocycles. The molecule has 2 aliphatic rings. The number of fused-ring (bicyclic) bond motifs is 1. The maximum Gasteiger partial charge on any atom is 0.318 e. The number of aliphatic hydroxyl groups excluding tert-OH is 1. The molecule has 2 heterocycles. The van der Waals surface area contributed by atoms with Gasteiger partial charge >= 0.3 is 6.03 Å². The number of nitrogens with zero attached hydrogens (tertiary/aromatic N) is 3. The Morgan fingerprint density at radius 1 is 1.31 bits per heavy atom. The molecule has 0 saturated carbocycles. The van der Waals surface area contributed by atoms with Crippen LogP contribution < -0.4 is 5.32 Å². The Balaban J connectivity index is 1.75. The van der Waals surface area contributed by atoms with Crippen LogP contribution in [0.25, 0.3) is 0 Å². The lowest BCUT2D eigenvalue weighted by Crippen LogP contribution is -2.74. The fraction of sp³-hybridized carbons (Fsp3) is 0.545. The minimum atomic E-state index is -0.242. The van der Waals surface area contributed by atoms with E-state index >= 15 is 0 Å². The molecule has 2 fully saturated rings. The molecular weight excluding hydrogens is 368 g/mol. The molecule has 1 aromatic carbocycles. The quantitative estimate of drug-likeness (QED) is 0.732. The second-order valence-corrected chi connectivity index (χ2v) is 8.29. The lowest BCUT2D eigenvalue weighted by atomic mass is 9.73. The molecule has 0 bridgehead atoms. The van der Waals surface area contributed by atoms with E-state index in [-0.39, 0.29) is 49.1 Å². The van der Waals surface area contributed by atoms with E-state index < -0.39 is 0 Å². The second-order valence-electron chi connectivity index (χ2n) is 8.29. The van der Waals surface area contributed by atoms with Gasteiger partial charge in [0.2, 0.25) is 5.91 Å². The number of hydrogen-bond acceptors (Lipinski definition) is 4. The molecule has 3 rings (SSSR count). The summed E-state index contributed by atoms with van der Waals surface area (Å²) in [5.41, 5.74) is 1.99. The highest BCUT2D eigenvalue weighted by Gasteiger charge is 2.54. The SMILES string of the molecule is CC(C)NC(=O)N1CC(=O)N2[C@@H](CO)[C@H](c3ccc(C#CCN(C)C)cc3)[C@@H]2C1. The summed E-state index contributed by atoms with van der Waals surface area (Å²) in [6.45, 7) is 4.92. The molecule has 2 aliphatic heterocycles. The second kappa shape index (κ2) is 8.85. The molecule has 0 aromatic heterocycles. The summed E-state index contributed by atoms with van der Waals surface area (Å²) in [6.07, 6.45) is 0. The Morgan fingerprint density at radius 2 is 2.00 bits per heavy atom. The maximum atomic E-state index is 12.6. The van der Waals surface area contributed by atoms with Crippen LogP contribution in [0.15, 0.2) is 24.3 Å². The number of aliphatic hydroxyl groups is 1.